The van der Waals surface area contributed by atoms with Crippen molar-refractivity contribution in [3.8, 4) is 0 Å². The van der Waals surface area contributed by atoms with E-state index in [0.29, 0.717) is 12.2 Å². The van der Waals surface area contributed by atoms with Crippen LogP contribution in [0.1, 0.15) is 99.8 Å². The Kier molecular flexibility index (Phi) is 6.96. The van der Waals surface area contributed by atoms with Crippen LogP contribution in [0.15, 0.2) is 0 Å². The molecule has 7 heteroatoms. The van der Waals surface area contributed by atoms with E-state index in [9.17, 15) is 19.2 Å². The van der Waals surface area contributed by atoms with Crippen molar-refractivity contribution < 1.29 is 23.9 Å². The summed E-state index contributed by atoms with van der Waals surface area (Å²) in [5.74, 6) is 0.423. The zero-order valence-electron chi connectivity index (χ0n) is 26.3. The number of ketones is 1. The Morgan fingerprint density at radius 3 is 2.33 bits per heavy atom. The molecule has 0 radical (unpaired) electrons. The summed E-state index contributed by atoms with van der Waals surface area (Å²) in [6.07, 6.45) is 7.21. The number of rotatable bonds is 7. The molecule has 0 aliphatic heterocycles. The topological polar surface area (TPSA) is 92.8 Å². The van der Waals surface area contributed by atoms with Gasteiger partial charge in [0.15, 0.2) is 0 Å². The number of fused-ring (bicyclic) bond motifs is 2. The number of hydrogen-bond acceptors (Lipinski definition) is 6. The second-order valence-corrected chi connectivity index (χ2v) is 15.4. The minimum Gasteiger partial charge on any atom is -0.462 e. The van der Waals surface area contributed by atoms with Gasteiger partial charge in [0.05, 0.1) is 0 Å². The summed E-state index contributed by atoms with van der Waals surface area (Å²) >= 11 is 0. The zero-order valence-corrected chi connectivity index (χ0v) is 26.3. The first-order chi connectivity index (χ1) is 18.6. The highest BCUT2D eigenvalue weighted by Crippen LogP contribution is 2.87. The van der Waals surface area contributed by atoms with Gasteiger partial charge in [0.1, 0.15) is 18.2 Å². The molecule has 0 heterocycles. The molecule has 5 aliphatic carbocycles. The number of amides is 1. The normalized spacial score (nSPS) is 48.6. The summed E-state index contributed by atoms with van der Waals surface area (Å²) in [7, 11) is 4.14. The first-order valence-corrected chi connectivity index (χ1v) is 15.7. The van der Waals surface area contributed by atoms with Gasteiger partial charge in [-0.25, -0.2) is 0 Å². The van der Waals surface area contributed by atoms with E-state index in [2.05, 4.69) is 45.1 Å². The smallest absolute Gasteiger partial charge is 0.302 e. The number of Topliss-reactive ketones (excluding diaryl/α,β-unsaturated/α-hetero) is 1. The largest absolute Gasteiger partial charge is 0.462 e. The van der Waals surface area contributed by atoms with E-state index in [-0.39, 0.29) is 70.0 Å². The van der Waals surface area contributed by atoms with Crippen LogP contribution < -0.4 is 5.32 Å². The predicted octanol–water partition coefficient (Wildman–Crippen LogP) is 4.81. The van der Waals surface area contributed by atoms with Crippen molar-refractivity contribution in [3.63, 3.8) is 0 Å². The monoisotopic (exact) mass is 556 g/mol. The minimum absolute atomic E-state index is 0.0243. The molecular formula is C33H52N2O5. The number of nitrogens with one attached hydrogen (secondary N) is 1. The average Bonchev–Trinajstić information content (AvgIpc) is 3.52. The summed E-state index contributed by atoms with van der Waals surface area (Å²) in [4.78, 5) is 54.9. The van der Waals surface area contributed by atoms with Gasteiger partial charge < -0.3 is 19.7 Å². The highest BCUT2D eigenvalue weighted by molar-refractivity contribution is 5.92. The van der Waals surface area contributed by atoms with Crippen LogP contribution in [0.4, 0.5) is 0 Å². The van der Waals surface area contributed by atoms with E-state index in [0.717, 1.165) is 51.2 Å². The molecule has 1 N–H and O–H groups in total. The molecule has 2 spiro atoms. The average molecular weight is 557 g/mol. The van der Waals surface area contributed by atoms with Crippen molar-refractivity contribution in [1.82, 2.24) is 10.2 Å². The lowest BCUT2D eigenvalue weighted by Gasteiger charge is -2.62. The number of nitrogens with zero attached hydrogens (tertiary/aromatic N) is 1. The summed E-state index contributed by atoms with van der Waals surface area (Å²) in [5, 5.41) is 3.26. The minimum atomic E-state index is -0.685. The van der Waals surface area contributed by atoms with Crippen LogP contribution in [0.3, 0.4) is 0 Å². The molecular weight excluding hydrogens is 504 g/mol. The van der Waals surface area contributed by atoms with Crippen LogP contribution in [-0.2, 0) is 23.9 Å². The predicted molar refractivity (Wildman–Crippen MR) is 153 cm³/mol. The third kappa shape index (κ3) is 3.57. The fraction of sp³-hybridized carbons (Fsp3) is 0.879. The molecule has 5 saturated carbocycles. The number of hydrogen-bond donors (Lipinski definition) is 1. The van der Waals surface area contributed by atoms with Crippen molar-refractivity contribution in [3.05, 3.63) is 0 Å². The van der Waals surface area contributed by atoms with E-state index in [1.165, 1.54) is 6.92 Å². The fourth-order valence-electron chi connectivity index (χ4n) is 11.3. The molecule has 0 aromatic carbocycles. The molecule has 224 valence electrons. The Hall–Kier alpha value is -1.76. The molecule has 0 aromatic heterocycles. The van der Waals surface area contributed by atoms with Crippen LogP contribution in [0, 0.1) is 50.7 Å². The summed E-state index contributed by atoms with van der Waals surface area (Å²) in [6, 6.07) is -0.0357. The number of carbonyl (C=O) groups excluding carboxylic acids is 4. The van der Waals surface area contributed by atoms with Gasteiger partial charge in [0, 0.05) is 48.1 Å². The summed E-state index contributed by atoms with van der Waals surface area (Å²) < 4.78 is 6.05. The number of ether oxygens (including phenoxy) is 1. The van der Waals surface area contributed by atoms with Gasteiger partial charge in [-0.2, -0.15) is 0 Å². The maximum atomic E-state index is 14.6. The number of carbonyl (C=O) groups is 4. The molecule has 1 unspecified atom stereocenters. The van der Waals surface area contributed by atoms with E-state index < -0.39 is 10.8 Å². The van der Waals surface area contributed by atoms with Gasteiger partial charge in [-0.3, -0.25) is 14.4 Å². The van der Waals surface area contributed by atoms with Gasteiger partial charge in [-0.05, 0) is 94.0 Å². The Balaban J connectivity index is 1.52. The van der Waals surface area contributed by atoms with Gasteiger partial charge in [-0.15, -0.1) is 0 Å². The van der Waals surface area contributed by atoms with Crippen molar-refractivity contribution in [2.24, 2.45) is 50.7 Å². The molecule has 40 heavy (non-hydrogen) atoms. The third-order valence-corrected chi connectivity index (χ3v) is 13.9. The Morgan fingerprint density at radius 2 is 1.75 bits per heavy atom. The molecule has 5 aliphatic rings. The first kappa shape index (κ1) is 29.7. The van der Waals surface area contributed by atoms with Crippen molar-refractivity contribution >= 4 is 23.9 Å². The Morgan fingerprint density at radius 1 is 1.10 bits per heavy atom. The molecule has 0 bridgehead atoms. The van der Waals surface area contributed by atoms with Crippen molar-refractivity contribution in [2.45, 2.75) is 118 Å². The van der Waals surface area contributed by atoms with E-state index >= 15 is 0 Å². The van der Waals surface area contributed by atoms with Crippen LogP contribution in [0.5, 0.6) is 0 Å². The SMILES string of the molecule is CC[C@H](C)C(=O)N[C@H]1CCC23C[C@]24C(=O)C[C@]2(C)[C@@H]([C@H](C)N(C)C)[C@H](OC(C)=O)C[C@@]2(C)[C@@H]4CC[C@H]3[C@]1(C)C=O. The summed E-state index contributed by atoms with van der Waals surface area (Å²) in [5.41, 5.74) is -1.70. The van der Waals surface area contributed by atoms with Gasteiger partial charge in [0.2, 0.25) is 5.91 Å². The summed E-state index contributed by atoms with van der Waals surface area (Å²) in [6.45, 7) is 14.4. The van der Waals surface area contributed by atoms with Crippen molar-refractivity contribution in [1.29, 1.82) is 0 Å². The zero-order chi connectivity index (χ0) is 29.6. The standard InChI is InChI=1S/C33H52N2O5/c1-10-19(2)28(39)34-25-13-14-32-17-33(32)24(12-11-23(32)29(25,5)18-36)30(6)15-22(40-21(4)37)27(20(3)35(8)9)31(30,7)16-26(33)38/h18-20,22-25,27H,10-17H2,1-9H3,(H,34,39)/t19-,20-,22+,23-,24-,25-,27-,29-,30-,31+,32?,33-/m0/s1. The quantitative estimate of drug-likeness (QED) is 0.358. The fourth-order valence-corrected chi connectivity index (χ4v) is 11.3. The molecule has 1 amide bonds. The van der Waals surface area contributed by atoms with E-state index in [4.69, 9.17) is 4.74 Å². The lowest BCUT2D eigenvalue weighted by molar-refractivity contribution is -0.172. The lowest BCUT2D eigenvalue weighted by atomic mass is 9.41. The highest BCUT2D eigenvalue weighted by atomic mass is 16.5. The van der Waals surface area contributed by atoms with Gasteiger partial charge >= 0.3 is 5.97 Å². The third-order valence-electron chi connectivity index (χ3n) is 13.9. The maximum Gasteiger partial charge on any atom is 0.302 e. The molecule has 5 rings (SSSR count). The first-order valence-electron chi connectivity index (χ1n) is 15.7. The van der Waals surface area contributed by atoms with E-state index in [1.807, 2.05) is 20.8 Å². The van der Waals surface area contributed by atoms with E-state index in [1.54, 1.807) is 0 Å². The second kappa shape index (κ2) is 9.37. The van der Waals surface area contributed by atoms with Gasteiger partial charge in [0.25, 0.3) is 0 Å². The lowest BCUT2D eigenvalue weighted by Crippen LogP contribution is -2.63. The van der Waals surface area contributed by atoms with Crippen molar-refractivity contribution in [2.75, 3.05) is 14.1 Å². The van der Waals surface area contributed by atoms with Crippen LogP contribution >= 0.6 is 0 Å². The molecule has 0 aromatic rings. The molecule has 5 fully saturated rings. The Bertz CT molecular complexity index is 1110. The molecule has 0 saturated heterocycles. The van der Waals surface area contributed by atoms with Crippen LogP contribution in [0.25, 0.3) is 0 Å². The second-order valence-electron chi connectivity index (χ2n) is 15.4. The Labute approximate surface area is 240 Å². The van der Waals surface area contributed by atoms with Crippen LogP contribution in [-0.4, -0.2) is 61.1 Å². The van der Waals surface area contributed by atoms with Gasteiger partial charge in [-0.1, -0.05) is 34.6 Å². The highest BCUT2D eigenvalue weighted by Gasteiger charge is 2.86. The molecule has 7 nitrogen and oxygen atoms in total. The maximum absolute atomic E-state index is 14.6. The van der Waals surface area contributed by atoms with Crippen LogP contribution in [0.2, 0.25) is 0 Å². The molecule has 12 atom stereocenters. The number of esters is 1. The number of aldehydes is 1.